The van der Waals surface area contributed by atoms with Crippen molar-refractivity contribution in [1.29, 1.82) is 0 Å². The van der Waals surface area contributed by atoms with Gasteiger partial charge in [-0.15, -0.1) is 0 Å². The van der Waals surface area contributed by atoms with Crippen molar-refractivity contribution in [3.8, 4) is 0 Å². The highest BCUT2D eigenvalue weighted by atomic mass is 16.6. The van der Waals surface area contributed by atoms with Crippen LogP contribution in [0, 0.1) is 6.92 Å². The van der Waals surface area contributed by atoms with Gasteiger partial charge in [0.05, 0.1) is 6.61 Å². The van der Waals surface area contributed by atoms with Crippen LogP contribution in [-0.4, -0.2) is 70.3 Å². The first-order valence-corrected chi connectivity index (χ1v) is 10.0. The molecule has 1 N–H and O–H groups in total. The summed E-state index contributed by atoms with van der Waals surface area (Å²) in [5.74, 6) is -0.790. The molecule has 3 rings (SSSR count). The number of aryl methyl sites for hydroxylation is 1. The summed E-state index contributed by atoms with van der Waals surface area (Å²) in [5, 5.41) is 6.76. The van der Waals surface area contributed by atoms with Crippen molar-refractivity contribution < 1.29 is 19.1 Å². The van der Waals surface area contributed by atoms with E-state index in [9.17, 15) is 19.2 Å². The van der Waals surface area contributed by atoms with Crippen molar-refractivity contribution >= 4 is 23.6 Å². The van der Waals surface area contributed by atoms with E-state index >= 15 is 0 Å². The lowest BCUT2D eigenvalue weighted by molar-refractivity contribution is -0.133. The Hall–Kier alpha value is -3.69. The van der Waals surface area contributed by atoms with Crippen LogP contribution in [0.2, 0.25) is 0 Å². The van der Waals surface area contributed by atoms with Gasteiger partial charge in [-0.25, -0.2) is 9.48 Å². The second-order valence-corrected chi connectivity index (χ2v) is 7.10. The Labute approximate surface area is 179 Å². The molecule has 1 aromatic carbocycles. The van der Waals surface area contributed by atoms with Crippen LogP contribution in [0.3, 0.4) is 0 Å². The smallest absolute Gasteiger partial charge is 0.409 e. The third-order valence-electron chi connectivity index (χ3n) is 4.85. The molecule has 1 aliphatic rings. The molecule has 1 fully saturated rings. The van der Waals surface area contributed by atoms with E-state index in [-0.39, 0.29) is 18.1 Å². The number of nitrogens with one attached hydrogen (secondary N) is 1. The van der Waals surface area contributed by atoms with Gasteiger partial charge in [0, 0.05) is 37.9 Å². The number of carbonyl (C=O) groups excluding carboxylic acids is 3. The third-order valence-corrected chi connectivity index (χ3v) is 4.85. The number of aromatic nitrogens is 2. The second-order valence-electron chi connectivity index (χ2n) is 7.10. The molecule has 3 amide bonds. The average molecular weight is 427 g/mol. The molecular weight excluding hydrogens is 402 g/mol. The van der Waals surface area contributed by atoms with Crippen molar-refractivity contribution in [2.75, 3.05) is 38.1 Å². The minimum atomic E-state index is -0.481. The molecule has 1 aromatic heterocycles. The summed E-state index contributed by atoms with van der Waals surface area (Å²) < 4.78 is 5.94. The van der Waals surface area contributed by atoms with Crippen LogP contribution >= 0.6 is 0 Å². The lowest BCUT2D eigenvalue weighted by Gasteiger charge is -2.34. The fraction of sp³-hybridized carbons (Fsp3) is 0.381. The number of amides is 3. The zero-order valence-corrected chi connectivity index (χ0v) is 17.5. The highest BCUT2D eigenvalue weighted by Crippen LogP contribution is 2.10. The van der Waals surface area contributed by atoms with Gasteiger partial charge < -0.3 is 19.9 Å². The maximum Gasteiger partial charge on any atom is 0.409 e. The Kier molecular flexibility index (Phi) is 7.01. The zero-order chi connectivity index (χ0) is 22.4. The SMILES string of the molecule is CCOC(=O)N1CCN(C(=O)Cn2nc(C(=O)Nc3ccc(C)cc3)ccc2=O)CC1. The maximum atomic E-state index is 12.6. The van der Waals surface area contributed by atoms with Gasteiger partial charge in [-0.05, 0) is 32.0 Å². The first-order valence-electron chi connectivity index (χ1n) is 10.0. The average Bonchev–Trinajstić information content (AvgIpc) is 2.77. The van der Waals surface area contributed by atoms with E-state index in [1.165, 1.54) is 17.0 Å². The van der Waals surface area contributed by atoms with E-state index in [4.69, 9.17) is 4.74 Å². The number of anilines is 1. The fourth-order valence-corrected chi connectivity index (χ4v) is 3.10. The Morgan fingerprint density at radius 2 is 1.65 bits per heavy atom. The van der Waals surface area contributed by atoms with E-state index in [1.54, 1.807) is 24.0 Å². The van der Waals surface area contributed by atoms with Gasteiger partial charge in [0.25, 0.3) is 11.5 Å². The minimum absolute atomic E-state index is 0.0279. The molecule has 10 heteroatoms. The van der Waals surface area contributed by atoms with Crippen molar-refractivity contribution in [3.63, 3.8) is 0 Å². The topological polar surface area (TPSA) is 114 Å². The Bertz CT molecular complexity index is 1010. The van der Waals surface area contributed by atoms with Crippen LogP contribution in [-0.2, 0) is 16.1 Å². The van der Waals surface area contributed by atoms with Gasteiger partial charge >= 0.3 is 6.09 Å². The van der Waals surface area contributed by atoms with Gasteiger partial charge in [-0.3, -0.25) is 14.4 Å². The number of benzene rings is 1. The van der Waals surface area contributed by atoms with Gasteiger partial charge in [0.2, 0.25) is 5.91 Å². The predicted molar refractivity (Wildman–Crippen MR) is 113 cm³/mol. The number of hydrogen-bond donors (Lipinski definition) is 1. The first-order chi connectivity index (χ1) is 14.9. The fourth-order valence-electron chi connectivity index (χ4n) is 3.10. The molecule has 0 spiro atoms. The quantitative estimate of drug-likeness (QED) is 0.765. The highest BCUT2D eigenvalue weighted by Gasteiger charge is 2.25. The molecule has 0 radical (unpaired) electrons. The molecule has 2 aromatic rings. The highest BCUT2D eigenvalue weighted by molar-refractivity contribution is 6.02. The molecule has 0 atom stereocenters. The lowest BCUT2D eigenvalue weighted by atomic mass is 10.2. The van der Waals surface area contributed by atoms with E-state index in [1.807, 2.05) is 19.1 Å². The Morgan fingerprint density at radius 1 is 1.00 bits per heavy atom. The minimum Gasteiger partial charge on any atom is -0.450 e. The molecule has 1 aliphatic heterocycles. The van der Waals surface area contributed by atoms with Gasteiger partial charge in [0.15, 0.2) is 0 Å². The van der Waals surface area contributed by atoms with Crippen LogP contribution in [0.15, 0.2) is 41.2 Å². The Balaban J connectivity index is 1.62. The van der Waals surface area contributed by atoms with E-state index in [2.05, 4.69) is 10.4 Å². The monoisotopic (exact) mass is 427 g/mol. The molecule has 2 heterocycles. The summed E-state index contributed by atoms with van der Waals surface area (Å²) in [6.45, 7) is 5.05. The summed E-state index contributed by atoms with van der Waals surface area (Å²) in [6.07, 6.45) is -0.403. The second kappa shape index (κ2) is 9.88. The van der Waals surface area contributed by atoms with Crippen LogP contribution < -0.4 is 10.9 Å². The van der Waals surface area contributed by atoms with Crippen LogP contribution in [0.4, 0.5) is 10.5 Å². The summed E-state index contributed by atoms with van der Waals surface area (Å²) in [7, 11) is 0. The largest absolute Gasteiger partial charge is 0.450 e. The van der Waals surface area contributed by atoms with Crippen molar-refractivity contribution in [2.45, 2.75) is 20.4 Å². The number of rotatable bonds is 5. The number of piperazine rings is 1. The first kappa shape index (κ1) is 22.0. The van der Waals surface area contributed by atoms with E-state index in [0.29, 0.717) is 38.5 Å². The number of hydrogen-bond acceptors (Lipinski definition) is 6. The molecule has 0 aliphatic carbocycles. The third kappa shape index (κ3) is 5.68. The maximum absolute atomic E-state index is 12.6. The van der Waals surface area contributed by atoms with Crippen LogP contribution in [0.5, 0.6) is 0 Å². The molecule has 0 unspecified atom stereocenters. The molecule has 1 saturated heterocycles. The van der Waals surface area contributed by atoms with Crippen molar-refractivity contribution in [3.05, 3.63) is 58.0 Å². The summed E-state index contributed by atoms with van der Waals surface area (Å²) in [6, 6.07) is 9.80. The number of ether oxygens (including phenoxy) is 1. The lowest BCUT2D eigenvalue weighted by Crippen LogP contribution is -2.51. The predicted octanol–water partition coefficient (Wildman–Crippen LogP) is 1.10. The summed E-state index contributed by atoms with van der Waals surface area (Å²) in [5.41, 5.74) is 1.21. The van der Waals surface area contributed by atoms with Gasteiger partial charge in [0.1, 0.15) is 12.2 Å². The molecule has 10 nitrogen and oxygen atoms in total. The molecule has 0 bridgehead atoms. The van der Waals surface area contributed by atoms with Gasteiger partial charge in [-0.1, -0.05) is 17.7 Å². The standard InChI is InChI=1S/C21H25N5O5/c1-3-31-21(30)25-12-10-24(11-13-25)19(28)14-26-18(27)9-8-17(23-26)20(29)22-16-6-4-15(2)5-7-16/h4-9H,3,10-14H2,1-2H3,(H,22,29). The zero-order valence-electron chi connectivity index (χ0n) is 17.5. The van der Waals surface area contributed by atoms with Crippen LogP contribution in [0.1, 0.15) is 23.0 Å². The van der Waals surface area contributed by atoms with E-state index in [0.717, 1.165) is 10.2 Å². The normalized spacial score (nSPS) is 13.6. The van der Waals surface area contributed by atoms with Crippen LogP contribution in [0.25, 0.3) is 0 Å². The summed E-state index contributed by atoms with van der Waals surface area (Å²) >= 11 is 0. The molecule has 31 heavy (non-hydrogen) atoms. The summed E-state index contributed by atoms with van der Waals surface area (Å²) in [4.78, 5) is 52.1. The number of nitrogens with zero attached hydrogens (tertiary/aromatic N) is 4. The van der Waals surface area contributed by atoms with Crippen molar-refractivity contribution in [1.82, 2.24) is 19.6 Å². The Morgan fingerprint density at radius 3 is 2.29 bits per heavy atom. The van der Waals surface area contributed by atoms with E-state index < -0.39 is 17.6 Å². The van der Waals surface area contributed by atoms with Gasteiger partial charge in [-0.2, -0.15) is 5.10 Å². The molecule has 164 valence electrons. The molecular formula is C21H25N5O5. The molecule has 0 saturated carbocycles. The number of carbonyl (C=O) groups is 3. The van der Waals surface area contributed by atoms with Crippen molar-refractivity contribution in [2.24, 2.45) is 0 Å².